The average molecular weight is 283 g/mol. The molecule has 0 aliphatic carbocycles. The maximum Gasteiger partial charge on any atom is 0.250 e. The second-order valence-corrected chi connectivity index (χ2v) is 5.31. The zero-order valence-electron chi connectivity index (χ0n) is 12.5. The van der Waals surface area contributed by atoms with Crippen LogP contribution in [-0.2, 0) is 16.1 Å². The largest absolute Gasteiger partial charge is 0.367 e. The molecule has 3 heteroatoms. The fraction of sp³-hybridized carbons (Fsp3) is 0.278. The van der Waals surface area contributed by atoms with E-state index in [1.807, 2.05) is 48.5 Å². The van der Waals surface area contributed by atoms with Gasteiger partial charge in [-0.15, -0.1) is 0 Å². The number of benzene rings is 2. The zero-order valence-corrected chi connectivity index (χ0v) is 12.5. The number of hydrogen-bond donors (Lipinski definition) is 1. The summed E-state index contributed by atoms with van der Waals surface area (Å²) in [4.78, 5) is 11.8. The van der Waals surface area contributed by atoms with Gasteiger partial charge in [0.15, 0.2) is 0 Å². The highest BCUT2D eigenvalue weighted by atomic mass is 16.5. The van der Waals surface area contributed by atoms with Gasteiger partial charge in [0.05, 0.1) is 6.61 Å². The highest BCUT2D eigenvalue weighted by Crippen LogP contribution is 2.18. The fourth-order valence-corrected chi connectivity index (χ4v) is 2.01. The Kier molecular flexibility index (Phi) is 5.52. The first-order valence-electron chi connectivity index (χ1n) is 7.16. The van der Waals surface area contributed by atoms with Crippen molar-refractivity contribution in [3.05, 3.63) is 65.7 Å². The van der Waals surface area contributed by atoms with Gasteiger partial charge in [0, 0.05) is 5.69 Å². The first-order chi connectivity index (χ1) is 10.1. The summed E-state index contributed by atoms with van der Waals surface area (Å²) in [6.07, 6.45) is 0. The number of ether oxygens (including phenoxy) is 1. The lowest BCUT2D eigenvalue weighted by atomic mass is 10.0. The average Bonchev–Trinajstić information content (AvgIpc) is 2.48. The van der Waals surface area contributed by atoms with Crippen molar-refractivity contribution in [2.75, 3.05) is 11.9 Å². The van der Waals surface area contributed by atoms with Crippen LogP contribution in [0.4, 0.5) is 5.69 Å². The molecule has 110 valence electrons. The van der Waals surface area contributed by atoms with Crippen LogP contribution in [0.15, 0.2) is 54.6 Å². The van der Waals surface area contributed by atoms with Crippen molar-refractivity contribution < 1.29 is 9.53 Å². The summed E-state index contributed by atoms with van der Waals surface area (Å²) in [5.41, 5.74) is 3.08. The maximum atomic E-state index is 11.8. The molecule has 0 radical (unpaired) electrons. The predicted molar refractivity (Wildman–Crippen MR) is 85.3 cm³/mol. The van der Waals surface area contributed by atoms with Crippen molar-refractivity contribution in [1.82, 2.24) is 0 Å². The van der Waals surface area contributed by atoms with E-state index in [-0.39, 0.29) is 12.5 Å². The van der Waals surface area contributed by atoms with E-state index < -0.39 is 0 Å². The Morgan fingerprint density at radius 2 is 1.86 bits per heavy atom. The SMILES string of the molecule is CC(C)c1cccc(NC(=O)COCc2ccccc2)c1. The third kappa shape index (κ3) is 5.04. The molecule has 3 nitrogen and oxygen atoms in total. The van der Waals surface area contributed by atoms with Crippen LogP contribution >= 0.6 is 0 Å². The number of amides is 1. The lowest BCUT2D eigenvalue weighted by molar-refractivity contribution is -0.121. The lowest BCUT2D eigenvalue weighted by Crippen LogP contribution is -2.18. The minimum Gasteiger partial charge on any atom is -0.367 e. The molecule has 2 rings (SSSR count). The van der Waals surface area contributed by atoms with E-state index in [4.69, 9.17) is 4.74 Å². The van der Waals surface area contributed by atoms with Crippen LogP contribution in [0.5, 0.6) is 0 Å². The van der Waals surface area contributed by atoms with Gasteiger partial charge >= 0.3 is 0 Å². The Morgan fingerprint density at radius 1 is 1.10 bits per heavy atom. The third-order valence-corrected chi connectivity index (χ3v) is 3.18. The van der Waals surface area contributed by atoms with E-state index in [2.05, 4.69) is 25.2 Å². The van der Waals surface area contributed by atoms with Crippen LogP contribution < -0.4 is 5.32 Å². The number of nitrogens with one attached hydrogen (secondary N) is 1. The predicted octanol–water partition coefficient (Wildman–Crippen LogP) is 3.97. The van der Waals surface area contributed by atoms with Crippen LogP contribution in [0, 0.1) is 0 Å². The molecule has 0 atom stereocenters. The number of rotatable bonds is 6. The Hall–Kier alpha value is -2.13. The van der Waals surface area contributed by atoms with Crippen molar-refractivity contribution in [3.63, 3.8) is 0 Å². The van der Waals surface area contributed by atoms with Crippen LogP contribution in [0.1, 0.15) is 30.9 Å². The van der Waals surface area contributed by atoms with Crippen LogP contribution in [0.25, 0.3) is 0 Å². The van der Waals surface area contributed by atoms with Gasteiger partial charge in [0.25, 0.3) is 0 Å². The van der Waals surface area contributed by atoms with Gasteiger partial charge in [0.2, 0.25) is 5.91 Å². The van der Waals surface area contributed by atoms with Crippen molar-refractivity contribution in [2.24, 2.45) is 0 Å². The van der Waals surface area contributed by atoms with Crippen LogP contribution in [-0.4, -0.2) is 12.5 Å². The van der Waals surface area contributed by atoms with Crippen LogP contribution in [0.2, 0.25) is 0 Å². The standard InChI is InChI=1S/C18H21NO2/c1-14(2)16-9-6-10-17(11-16)19-18(20)13-21-12-15-7-4-3-5-8-15/h3-11,14H,12-13H2,1-2H3,(H,19,20). The van der Waals surface area contributed by atoms with Crippen molar-refractivity contribution >= 4 is 11.6 Å². The van der Waals surface area contributed by atoms with Gasteiger partial charge in [-0.25, -0.2) is 0 Å². The van der Waals surface area contributed by atoms with E-state index >= 15 is 0 Å². The number of carbonyl (C=O) groups is 1. The molecular formula is C18H21NO2. The molecule has 0 saturated heterocycles. The summed E-state index contributed by atoms with van der Waals surface area (Å²) in [5.74, 6) is 0.308. The van der Waals surface area contributed by atoms with E-state index in [0.717, 1.165) is 11.3 Å². The normalized spacial score (nSPS) is 10.6. The molecule has 1 amide bonds. The topological polar surface area (TPSA) is 38.3 Å². The summed E-state index contributed by atoms with van der Waals surface area (Å²) in [6.45, 7) is 4.76. The molecule has 0 saturated carbocycles. The molecule has 1 N–H and O–H groups in total. The molecule has 0 aromatic heterocycles. The minimum absolute atomic E-state index is 0.0563. The Bertz CT molecular complexity index is 579. The fourth-order valence-electron chi connectivity index (χ4n) is 2.01. The zero-order chi connectivity index (χ0) is 15.1. The Morgan fingerprint density at radius 3 is 2.57 bits per heavy atom. The summed E-state index contributed by atoms with van der Waals surface area (Å²) in [5, 5.41) is 2.86. The molecule has 0 aliphatic heterocycles. The highest BCUT2D eigenvalue weighted by Gasteiger charge is 2.05. The van der Waals surface area contributed by atoms with Gasteiger partial charge < -0.3 is 10.1 Å². The van der Waals surface area contributed by atoms with Crippen molar-refractivity contribution in [2.45, 2.75) is 26.4 Å². The van der Waals surface area contributed by atoms with E-state index in [0.29, 0.717) is 12.5 Å². The monoisotopic (exact) mass is 283 g/mol. The van der Waals surface area contributed by atoms with Crippen molar-refractivity contribution in [3.8, 4) is 0 Å². The maximum absolute atomic E-state index is 11.8. The second-order valence-electron chi connectivity index (χ2n) is 5.31. The number of anilines is 1. The molecule has 0 bridgehead atoms. The molecule has 2 aromatic rings. The van der Waals surface area contributed by atoms with Crippen LogP contribution in [0.3, 0.4) is 0 Å². The molecular weight excluding hydrogens is 262 g/mol. The van der Waals surface area contributed by atoms with Gasteiger partial charge in [-0.2, -0.15) is 0 Å². The summed E-state index contributed by atoms with van der Waals surface area (Å²) >= 11 is 0. The number of hydrogen-bond acceptors (Lipinski definition) is 2. The highest BCUT2D eigenvalue weighted by molar-refractivity contribution is 5.91. The molecule has 0 unspecified atom stereocenters. The summed E-state index contributed by atoms with van der Waals surface area (Å²) in [7, 11) is 0. The quantitative estimate of drug-likeness (QED) is 0.871. The van der Waals surface area contributed by atoms with Gasteiger partial charge in [-0.1, -0.05) is 56.3 Å². The first-order valence-corrected chi connectivity index (χ1v) is 7.16. The van der Waals surface area contributed by atoms with E-state index in [9.17, 15) is 4.79 Å². The smallest absolute Gasteiger partial charge is 0.250 e. The van der Waals surface area contributed by atoms with E-state index in [1.54, 1.807) is 0 Å². The molecule has 0 spiro atoms. The van der Waals surface area contributed by atoms with Crippen molar-refractivity contribution in [1.29, 1.82) is 0 Å². The summed E-state index contributed by atoms with van der Waals surface area (Å²) in [6, 6.07) is 17.7. The lowest BCUT2D eigenvalue weighted by Gasteiger charge is -2.10. The molecule has 0 fully saturated rings. The van der Waals surface area contributed by atoms with Gasteiger partial charge in [-0.05, 0) is 29.2 Å². The number of carbonyl (C=O) groups excluding carboxylic acids is 1. The molecule has 2 aromatic carbocycles. The first kappa shape index (κ1) is 15.3. The molecule has 0 heterocycles. The molecule has 0 aliphatic rings. The third-order valence-electron chi connectivity index (χ3n) is 3.18. The van der Waals surface area contributed by atoms with Gasteiger partial charge in [-0.3, -0.25) is 4.79 Å². The summed E-state index contributed by atoms with van der Waals surface area (Å²) < 4.78 is 5.42. The Labute approximate surface area is 126 Å². The van der Waals surface area contributed by atoms with E-state index in [1.165, 1.54) is 5.56 Å². The van der Waals surface area contributed by atoms with Gasteiger partial charge in [0.1, 0.15) is 6.61 Å². The molecule has 21 heavy (non-hydrogen) atoms. The minimum atomic E-state index is -0.133. The second kappa shape index (κ2) is 7.60. The Balaban J connectivity index is 1.80.